The summed E-state index contributed by atoms with van der Waals surface area (Å²) in [7, 11) is 0. The topological polar surface area (TPSA) is 87.0 Å². The van der Waals surface area contributed by atoms with Gasteiger partial charge in [-0.3, -0.25) is 0 Å². The zero-order valence-electron chi connectivity index (χ0n) is 20.3. The summed E-state index contributed by atoms with van der Waals surface area (Å²) in [5.41, 5.74) is 2.52. The number of benzene rings is 1. The van der Waals surface area contributed by atoms with Crippen LogP contribution >= 0.6 is 0 Å². The summed E-state index contributed by atoms with van der Waals surface area (Å²) in [6.45, 7) is 6.46. The van der Waals surface area contributed by atoms with E-state index in [0.717, 1.165) is 43.7 Å². The van der Waals surface area contributed by atoms with Crippen LogP contribution in [0.1, 0.15) is 74.3 Å². The highest BCUT2D eigenvalue weighted by Crippen LogP contribution is 2.38. The Hall–Kier alpha value is -2.35. The summed E-state index contributed by atoms with van der Waals surface area (Å²) in [6.07, 6.45) is 4.81. The predicted octanol–water partition coefficient (Wildman–Crippen LogP) is 5.39. The molecule has 3 N–H and O–H groups in total. The molecule has 35 heavy (non-hydrogen) atoms. The number of hydrogen-bond donors (Lipinski definition) is 3. The van der Waals surface area contributed by atoms with E-state index in [1.165, 1.54) is 5.56 Å². The average Bonchev–Trinajstić information content (AvgIpc) is 2.87. The molecular weight excluding hydrogens is 454 g/mol. The standard InChI is InChI=1S/C28H38F2O5/c1-19(16-31)26(33)15-14-25(18-35-28(34)20(2)17-32)24-12-10-23(11-13-24)22-8-6-21(7-9-22)4-3-5-27(29)30/h5,10-13,21-22,25-26,31-33H,1-4,6-9,14-18H2. The van der Waals surface area contributed by atoms with E-state index in [2.05, 4.69) is 25.3 Å². The van der Waals surface area contributed by atoms with Crippen molar-refractivity contribution in [3.8, 4) is 0 Å². The predicted molar refractivity (Wildman–Crippen MR) is 132 cm³/mol. The fraction of sp³-hybridized carbons (Fsp3) is 0.536. The lowest BCUT2D eigenvalue weighted by Gasteiger charge is -2.29. The molecular formula is C28H38F2O5. The van der Waals surface area contributed by atoms with Crippen LogP contribution in [0.4, 0.5) is 8.78 Å². The summed E-state index contributed by atoms with van der Waals surface area (Å²) < 4.78 is 29.8. The molecule has 1 aliphatic carbocycles. The van der Waals surface area contributed by atoms with Gasteiger partial charge >= 0.3 is 5.97 Å². The third kappa shape index (κ3) is 9.67. The molecule has 2 atom stereocenters. The zero-order valence-corrected chi connectivity index (χ0v) is 20.3. The SMILES string of the molecule is C=C(CO)C(=O)OCC(CCC(O)C(=C)CO)c1ccc(C2CCC(CCC=C(F)F)CC2)cc1. The molecule has 1 aromatic carbocycles. The van der Waals surface area contributed by atoms with Gasteiger partial charge in [0.15, 0.2) is 0 Å². The van der Waals surface area contributed by atoms with Crippen LogP contribution in [0, 0.1) is 5.92 Å². The fourth-order valence-electron chi connectivity index (χ4n) is 4.61. The third-order valence-electron chi connectivity index (χ3n) is 6.96. The maximum Gasteiger partial charge on any atom is 0.335 e. The number of carbonyl (C=O) groups excluding carboxylic acids is 1. The minimum Gasteiger partial charge on any atom is -0.462 e. The molecule has 1 aliphatic rings. The number of ether oxygens (including phenoxy) is 1. The van der Waals surface area contributed by atoms with Gasteiger partial charge in [0.1, 0.15) is 0 Å². The first-order valence-corrected chi connectivity index (χ1v) is 12.3. The van der Waals surface area contributed by atoms with Crippen molar-refractivity contribution in [1.29, 1.82) is 0 Å². The van der Waals surface area contributed by atoms with Gasteiger partial charge in [-0.25, -0.2) is 4.79 Å². The first-order chi connectivity index (χ1) is 16.7. The number of allylic oxidation sites excluding steroid dienone is 1. The number of halogens is 2. The van der Waals surface area contributed by atoms with E-state index in [1.807, 2.05) is 12.1 Å². The van der Waals surface area contributed by atoms with Gasteiger partial charge < -0.3 is 20.1 Å². The Morgan fingerprint density at radius 2 is 1.71 bits per heavy atom. The van der Waals surface area contributed by atoms with Crippen molar-refractivity contribution in [2.75, 3.05) is 19.8 Å². The molecule has 0 radical (unpaired) electrons. The Morgan fingerprint density at radius 1 is 1.06 bits per heavy atom. The Labute approximate surface area is 206 Å². The summed E-state index contributed by atoms with van der Waals surface area (Å²) in [6, 6.07) is 8.21. The lowest BCUT2D eigenvalue weighted by atomic mass is 9.77. The van der Waals surface area contributed by atoms with Gasteiger partial charge in [0.05, 0.1) is 31.5 Å². The van der Waals surface area contributed by atoms with Gasteiger partial charge in [-0.2, -0.15) is 8.78 Å². The summed E-state index contributed by atoms with van der Waals surface area (Å²) in [4.78, 5) is 12.0. The van der Waals surface area contributed by atoms with Crippen molar-refractivity contribution in [3.05, 3.63) is 71.9 Å². The number of aliphatic hydroxyl groups is 3. The van der Waals surface area contributed by atoms with Crippen molar-refractivity contribution in [1.82, 2.24) is 0 Å². The van der Waals surface area contributed by atoms with Crippen molar-refractivity contribution in [2.24, 2.45) is 5.92 Å². The van der Waals surface area contributed by atoms with E-state index in [9.17, 15) is 23.8 Å². The largest absolute Gasteiger partial charge is 0.462 e. The lowest BCUT2D eigenvalue weighted by molar-refractivity contribution is -0.140. The van der Waals surface area contributed by atoms with Crippen LogP contribution in [0.2, 0.25) is 0 Å². The van der Waals surface area contributed by atoms with Crippen LogP contribution in [0.25, 0.3) is 0 Å². The molecule has 0 aliphatic heterocycles. The van der Waals surface area contributed by atoms with Crippen molar-refractivity contribution in [2.45, 2.75) is 69.3 Å². The minimum absolute atomic E-state index is 0.0192. The zero-order chi connectivity index (χ0) is 25.8. The Kier molecular flexibility index (Phi) is 12.3. The first kappa shape index (κ1) is 28.9. The van der Waals surface area contributed by atoms with Crippen LogP contribution in [-0.2, 0) is 9.53 Å². The van der Waals surface area contributed by atoms with E-state index in [0.29, 0.717) is 36.7 Å². The summed E-state index contributed by atoms with van der Waals surface area (Å²) >= 11 is 0. The van der Waals surface area contributed by atoms with Crippen molar-refractivity contribution >= 4 is 5.97 Å². The maximum absolute atomic E-state index is 12.2. The monoisotopic (exact) mass is 492 g/mol. The summed E-state index contributed by atoms with van der Waals surface area (Å²) in [5, 5.41) is 28.5. The van der Waals surface area contributed by atoms with E-state index in [4.69, 9.17) is 9.84 Å². The van der Waals surface area contributed by atoms with Crippen LogP contribution < -0.4 is 0 Å². The molecule has 0 heterocycles. The second-order valence-corrected chi connectivity index (χ2v) is 9.42. The minimum atomic E-state index is -1.60. The highest BCUT2D eigenvalue weighted by molar-refractivity contribution is 5.87. The fourth-order valence-corrected chi connectivity index (χ4v) is 4.61. The van der Waals surface area contributed by atoms with E-state index >= 15 is 0 Å². The number of aliphatic hydroxyl groups excluding tert-OH is 3. The molecule has 0 amide bonds. The van der Waals surface area contributed by atoms with Gasteiger partial charge in [-0.15, -0.1) is 0 Å². The molecule has 0 spiro atoms. The van der Waals surface area contributed by atoms with Gasteiger partial charge in [-0.1, -0.05) is 37.4 Å². The Bertz CT molecular complexity index is 853. The van der Waals surface area contributed by atoms with Crippen LogP contribution in [0.3, 0.4) is 0 Å². The van der Waals surface area contributed by atoms with E-state index in [1.54, 1.807) is 0 Å². The molecule has 194 valence electrons. The second-order valence-electron chi connectivity index (χ2n) is 9.42. The van der Waals surface area contributed by atoms with Crippen LogP contribution in [-0.4, -0.2) is 47.2 Å². The molecule has 2 rings (SSSR count). The van der Waals surface area contributed by atoms with Crippen LogP contribution in [0.5, 0.6) is 0 Å². The molecule has 1 saturated carbocycles. The first-order valence-electron chi connectivity index (χ1n) is 12.3. The molecule has 7 heteroatoms. The van der Waals surface area contributed by atoms with Gasteiger partial charge in [0.25, 0.3) is 6.08 Å². The van der Waals surface area contributed by atoms with Gasteiger partial charge in [0.2, 0.25) is 0 Å². The lowest BCUT2D eigenvalue weighted by Crippen LogP contribution is -2.19. The molecule has 1 fully saturated rings. The van der Waals surface area contributed by atoms with Crippen LogP contribution in [0.15, 0.2) is 60.7 Å². The summed E-state index contributed by atoms with van der Waals surface area (Å²) in [5.74, 6) is 0.0952. The van der Waals surface area contributed by atoms with Gasteiger partial charge in [-0.05, 0) is 86.0 Å². The Balaban J connectivity index is 1.99. The number of hydrogen-bond acceptors (Lipinski definition) is 5. The van der Waals surface area contributed by atoms with Gasteiger partial charge in [0, 0.05) is 5.92 Å². The highest BCUT2D eigenvalue weighted by atomic mass is 19.3. The van der Waals surface area contributed by atoms with Crippen molar-refractivity contribution in [3.63, 3.8) is 0 Å². The van der Waals surface area contributed by atoms with E-state index < -0.39 is 24.8 Å². The molecule has 0 aromatic heterocycles. The smallest absolute Gasteiger partial charge is 0.335 e. The highest BCUT2D eigenvalue weighted by Gasteiger charge is 2.23. The molecule has 2 unspecified atom stereocenters. The normalized spacial score (nSPS) is 19.5. The van der Waals surface area contributed by atoms with Crippen molar-refractivity contribution < 1.29 is 33.6 Å². The number of rotatable bonds is 14. The molecule has 0 bridgehead atoms. The number of carbonyl (C=O) groups is 1. The third-order valence-corrected chi connectivity index (χ3v) is 6.96. The second kappa shape index (κ2) is 14.9. The molecule has 5 nitrogen and oxygen atoms in total. The maximum atomic E-state index is 12.2. The average molecular weight is 493 g/mol. The number of esters is 1. The quantitative estimate of drug-likeness (QED) is 0.184. The van der Waals surface area contributed by atoms with E-state index in [-0.39, 0.29) is 24.7 Å². The molecule has 0 saturated heterocycles. The molecule has 1 aromatic rings. The Morgan fingerprint density at radius 3 is 2.29 bits per heavy atom.